The molecule has 0 heterocycles. The number of ether oxygens (including phenoxy) is 12. The second-order valence-electron chi connectivity index (χ2n) is 21.0. The summed E-state index contributed by atoms with van der Waals surface area (Å²) in [6.07, 6.45) is 31.1. The van der Waals surface area contributed by atoms with Gasteiger partial charge in [0.15, 0.2) is 0 Å². The zero-order valence-corrected chi connectivity index (χ0v) is 51.9. The lowest BCUT2D eigenvalue weighted by Crippen LogP contribution is -2.44. The van der Waals surface area contributed by atoms with Crippen LogP contribution in [0, 0.1) is 0 Å². The minimum absolute atomic E-state index is 0.228. The van der Waals surface area contributed by atoms with Gasteiger partial charge in [0.05, 0.1) is 66.1 Å². The van der Waals surface area contributed by atoms with Gasteiger partial charge in [-0.1, -0.05) is 177 Å². The number of esters is 2. The summed E-state index contributed by atoms with van der Waals surface area (Å²) in [5.41, 5.74) is 0. The third-order valence-corrected chi connectivity index (χ3v) is 13.5. The van der Waals surface area contributed by atoms with E-state index >= 15 is 0 Å². The first-order valence-electron chi connectivity index (χ1n) is 32.3. The summed E-state index contributed by atoms with van der Waals surface area (Å²) in [4.78, 5) is 27.3. The van der Waals surface area contributed by atoms with Gasteiger partial charge in [0, 0.05) is 38.5 Å². The van der Waals surface area contributed by atoms with Crippen LogP contribution in [0.5, 0.6) is 0 Å². The normalized spacial score (nSPS) is 13.7. The zero-order valence-electron chi connectivity index (χ0n) is 51.9. The van der Waals surface area contributed by atoms with E-state index in [1.54, 1.807) is 0 Å². The van der Waals surface area contributed by atoms with Crippen molar-refractivity contribution in [1.29, 1.82) is 0 Å². The van der Waals surface area contributed by atoms with Gasteiger partial charge in [-0.2, -0.15) is 0 Å². The number of rotatable bonds is 62. The van der Waals surface area contributed by atoms with Crippen molar-refractivity contribution < 1.29 is 66.4 Å². The van der Waals surface area contributed by atoms with E-state index in [1.807, 2.05) is 13.8 Å². The lowest BCUT2D eigenvalue weighted by Gasteiger charge is -2.36. The van der Waals surface area contributed by atoms with Crippen molar-refractivity contribution >= 4 is 11.9 Å². The molecule has 0 spiro atoms. The Labute approximate surface area is 473 Å². The van der Waals surface area contributed by atoms with Crippen molar-refractivity contribution in [2.75, 3.05) is 66.1 Å². The van der Waals surface area contributed by atoms with E-state index in [0.717, 1.165) is 173 Å². The van der Waals surface area contributed by atoms with Crippen LogP contribution in [0.2, 0.25) is 0 Å². The standard InChI is InChI=1S/C63H124O14/c1-11-21-34-50-68-60(69-51-35-22-12-2,70-52-36-23-13-3)46-42-48-62(66-19-9,74-56-40-27-17-7)76-58(64)44-32-30-29-31-33-45-59(65)77-63(67-20-10,75-57-41-28-18-8)49-43-47-61(71-53-37-24-14-4,72-54-38-25-15-5)73-55-39-26-16-6/h11-57H2,1-10H3. The number of carbonyl (C=O) groups is 2. The molecular formula is C63H124O14. The van der Waals surface area contributed by atoms with Gasteiger partial charge in [-0.3, -0.25) is 9.59 Å². The molecule has 0 aromatic heterocycles. The Kier molecular flexibility index (Phi) is 51.6. The van der Waals surface area contributed by atoms with Crippen molar-refractivity contribution in [3.8, 4) is 0 Å². The summed E-state index contributed by atoms with van der Waals surface area (Å²) in [6, 6.07) is 0. The molecule has 14 nitrogen and oxygen atoms in total. The predicted molar refractivity (Wildman–Crippen MR) is 310 cm³/mol. The first-order valence-corrected chi connectivity index (χ1v) is 32.3. The van der Waals surface area contributed by atoms with Crippen LogP contribution in [0.1, 0.15) is 307 Å². The van der Waals surface area contributed by atoms with Crippen LogP contribution in [-0.4, -0.2) is 102 Å². The molecule has 0 aromatic carbocycles. The fourth-order valence-electron chi connectivity index (χ4n) is 8.91. The molecule has 2 atom stereocenters. The number of hydrogen-bond acceptors (Lipinski definition) is 14. The van der Waals surface area contributed by atoms with Crippen molar-refractivity contribution in [2.45, 2.75) is 331 Å². The molecule has 460 valence electrons. The maximum absolute atomic E-state index is 13.6. The van der Waals surface area contributed by atoms with Crippen LogP contribution in [0.4, 0.5) is 0 Å². The van der Waals surface area contributed by atoms with Gasteiger partial charge in [-0.25, -0.2) is 0 Å². The Morgan fingerprint density at radius 3 is 0.662 bits per heavy atom. The molecule has 14 heteroatoms. The molecule has 0 radical (unpaired) electrons. The van der Waals surface area contributed by atoms with E-state index in [4.69, 9.17) is 56.8 Å². The average Bonchev–Trinajstić information content (AvgIpc) is 3.41. The molecule has 0 bridgehead atoms. The van der Waals surface area contributed by atoms with Gasteiger partial charge < -0.3 is 56.8 Å². The smallest absolute Gasteiger partial charge is 0.329 e. The number of hydrogen-bond donors (Lipinski definition) is 0. The Morgan fingerprint density at radius 1 is 0.234 bits per heavy atom. The van der Waals surface area contributed by atoms with Crippen LogP contribution in [-0.2, 0) is 66.4 Å². The minimum atomic E-state index is -1.52. The first-order chi connectivity index (χ1) is 37.5. The third-order valence-electron chi connectivity index (χ3n) is 13.5. The summed E-state index contributed by atoms with van der Waals surface area (Å²) in [5.74, 6) is -6.14. The highest BCUT2D eigenvalue weighted by Gasteiger charge is 2.42. The summed E-state index contributed by atoms with van der Waals surface area (Å²) in [6.45, 7) is 25.9. The van der Waals surface area contributed by atoms with Crippen molar-refractivity contribution in [1.82, 2.24) is 0 Å². The van der Waals surface area contributed by atoms with Gasteiger partial charge in [0.2, 0.25) is 0 Å². The summed E-state index contributed by atoms with van der Waals surface area (Å²) in [5, 5.41) is 0. The molecule has 0 amide bonds. The Bertz CT molecular complexity index is 1130. The highest BCUT2D eigenvalue weighted by atomic mass is 16.9. The molecule has 0 aliphatic carbocycles. The van der Waals surface area contributed by atoms with Crippen molar-refractivity contribution in [3.63, 3.8) is 0 Å². The van der Waals surface area contributed by atoms with E-state index in [1.165, 1.54) is 0 Å². The quantitative estimate of drug-likeness (QED) is 0.0323. The maximum Gasteiger partial charge on any atom is 0.329 e. The molecule has 0 fully saturated rings. The highest BCUT2D eigenvalue weighted by Crippen LogP contribution is 2.33. The van der Waals surface area contributed by atoms with E-state index in [2.05, 4.69) is 55.4 Å². The second-order valence-corrected chi connectivity index (χ2v) is 21.0. The number of carbonyl (C=O) groups excluding carboxylic acids is 2. The Hall–Kier alpha value is -1.46. The molecule has 2 unspecified atom stereocenters. The lowest BCUT2D eigenvalue weighted by molar-refractivity contribution is -0.391. The molecule has 0 N–H and O–H groups in total. The Morgan fingerprint density at radius 2 is 0.442 bits per heavy atom. The SMILES string of the molecule is CCCCCOC(CCCC(OCC)(OCCCCC)OC(=O)CCCCCCCC(=O)OC(CCCC(OCCCCC)(OCCCCC)OCCCCC)(OCC)OCCCCC)(OCCCCC)OCCCCC. The highest BCUT2D eigenvalue weighted by molar-refractivity contribution is 5.70. The molecule has 0 aliphatic heterocycles. The monoisotopic (exact) mass is 1100 g/mol. The van der Waals surface area contributed by atoms with E-state index in [9.17, 15) is 9.59 Å². The maximum atomic E-state index is 13.6. The minimum Gasteiger partial charge on any atom is -0.408 e. The fraction of sp³-hybridized carbons (Fsp3) is 0.968. The lowest BCUT2D eigenvalue weighted by atomic mass is 10.1. The van der Waals surface area contributed by atoms with Gasteiger partial charge in [0.1, 0.15) is 0 Å². The van der Waals surface area contributed by atoms with Gasteiger partial charge in [-0.15, -0.1) is 0 Å². The van der Waals surface area contributed by atoms with E-state index in [0.29, 0.717) is 117 Å². The summed E-state index contributed by atoms with van der Waals surface area (Å²) < 4.78 is 76.7. The molecule has 0 rings (SSSR count). The van der Waals surface area contributed by atoms with Crippen LogP contribution in [0.15, 0.2) is 0 Å². The molecule has 77 heavy (non-hydrogen) atoms. The van der Waals surface area contributed by atoms with E-state index in [-0.39, 0.29) is 24.8 Å². The van der Waals surface area contributed by atoms with Gasteiger partial charge in [0.25, 0.3) is 11.9 Å². The van der Waals surface area contributed by atoms with Crippen molar-refractivity contribution in [3.05, 3.63) is 0 Å². The molecular weight excluding hydrogens is 981 g/mol. The van der Waals surface area contributed by atoms with Crippen LogP contribution in [0.3, 0.4) is 0 Å². The van der Waals surface area contributed by atoms with Gasteiger partial charge in [-0.05, 0) is 90.9 Å². The summed E-state index contributed by atoms with van der Waals surface area (Å²) in [7, 11) is 0. The fourth-order valence-corrected chi connectivity index (χ4v) is 8.91. The topological polar surface area (TPSA) is 145 Å². The first kappa shape index (κ1) is 75.5. The third kappa shape index (κ3) is 40.4. The second kappa shape index (κ2) is 52.6. The van der Waals surface area contributed by atoms with E-state index < -0.39 is 23.9 Å². The predicted octanol–water partition coefficient (Wildman–Crippen LogP) is 17.5. The molecule has 0 aliphatic rings. The zero-order chi connectivity index (χ0) is 56.9. The number of unbranched alkanes of at least 4 members (excludes halogenated alkanes) is 20. The molecule has 0 saturated carbocycles. The largest absolute Gasteiger partial charge is 0.408 e. The van der Waals surface area contributed by atoms with Gasteiger partial charge >= 0.3 is 23.9 Å². The molecule has 0 saturated heterocycles. The van der Waals surface area contributed by atoms with Crippen LogP contribution < -0.4 is 0 Å². The Balaban J connectivity index is 5.87. The van der Waals surface area contributed by atoms with Crippen molar-refractivity contribution in [2.24, 2.45) is 0 Å². The summed E-state index contributed by atoms with van der Waals surface area (Å²) >= 11 is 0. The van der Waals surface area contributed by atoms with Crippen LogP contribution >= 0.6 is 0 Å². The average molecular weight is 1110 g/mol. The molecule has 0 aromatic rings. The van der Waals surface area contributed by atoms with Crippen LogP contribution in [0.25, 0.3) is 0 Å².